The van der Waals surface area contributed by atoms with Crippen LogP contribution in [0.15, 0.2) is 12.4 Å². The second kappa shape index (κ2) is 3.30. The molecule has 1 atom stereocenters. The SMILES string of the molecule is CC(N)Cc1cnc(N)nc1. The fourth-order valence-corrected chi connectivity index (χ4v) is 0.842. The van der Waals surface area contributed by atoms with Crippen molar-refractivity contribution in [3.05, 3.63) is 18.0 Å². The largest absolute Gasteiger partial charge is 0.368 e. The highest BCUT2D eigenvalue weighted by Crippen LogP contribution is 1.99. The Hall–Kier alpha value is -1.16. The predicted octanol–water partition coefficient (Wildman–Crippen LogP) is -0.0515. The Labute approximate surface area is 65.6 Å². The van der Waals surface area contributed by atoms with E-state index in [-0.39, 0.29) is 6.04 Å². The molecule has 0 saturated heterocycles. The van der Waals surface area contributed by atoms with Crippen molar-refractivity contribution in [1.29, 1.82) is 0 Å². The Morgan fingerprint density at radius 3 is 2.45 bits per heavy atom. The van der Waals surface area contributed by atoms with E-state index in [2.05, 4.69) is 9.97 Å². The molecule has 0 saturated carbocycles. The molecule has 1 aromatic rings. The van der Waals surface area contributed by atoms with Crippen molar-refractivity contribution >= 4 is 5.95 Å². The normalized spacial score (nSPS) is 12.9. The molecule has 11 heavy (non-hydrogen) atoms. The molecule has 0 radical (unpaired) electrons. The molecular formula is C7H12N4. The third-order valence-electron chi connectivity index (χ3n) is 1.28. The van der Waals surface area contributed by atoms with Gasteiger partial charge in [0, 0.05) is 18.4 Å². The summed E-state index contributed by atoms with van der Waals surface area (Å²) in [5.74, 6) is 0.304. The summed E-state index contributed by atoms with van der Waals surface area (Å²) < 4.78 is 0. The summed E-state index contributed by atoms with van der Waals surface area (Å²) in [5.41, 5.74) is 11.9. The van der Waals surface area contributed by atoms with E-state index in [1.165, 1.54) is 0 Å². The quantitative estimate of drug-likeness (QED) is 0.622. The van der Waals surface area contributed by atoms with E-state index < -0.39 is 0 Å². The average molecular weight is 152 g/mol. The van der Waals surface area contributed by atoms with Gasteiger partial charge in [-0.2, -0.15) is 0 Å². The molecule has 0 bridgehead atoms. The smallest absolute Gasteiger partial charge is 0.219 e. The maximum atomic E-state index is 5.58. The van der Waals surface area contributed by atoms with Crippen LogP contribution in [0.1, 0.15) is 12.5 Å². The Morgan fingerprint density at radius 1 is 1.45 bits per heavy atom. The van der Waals surface area contributed by atoms with Crippen LogP contribution in [0.25, 0.3) is 0 Å². The minimum absolute atomic E-state index is 0.141. The zero-order valence-electron chi connectivity index (χ0n) is 6.49. The van der Waals surface area contributed by atoms with Crippen LogP contribution in [-0.2, 0) is 6.42 Å². The van der Waals surface area contributed by atoms with Crippen LogP contribution in [0.2, 0.25) is 0 Å². The molecule has 1 unspecified atom stereocenters. The van der Waals surface area contributed by atoms with Gasteiger partial charge in [0.2, 0.25) is 5.95 Å². The molecule has 0 aliphatic rings. The number of hydrogen-bond donors (Lipinski definition) is 2. The zero-order chi connectivity index (χ0) is 8.27. The van der Waals surface area contributed by atoms with Crippen LogP contribution < -0.4 is 11.5 Å². The lowest BCUT2D eigenvalue weighted by atomic mass is 10.1. The number of nitrogen functional groups attached to an aromatic ring is 1. The van der Waals surface area contributed by atoms with Crippen molar-refractivity contribution in [2.45, 2.75) is 19.4 Å². The average Bonchev–Trinajstić information content (AvgIpc) is 1.93. The molecule has 0 fully saturated rings. The molecule has 4 heteroatoms. The second-order valence-electron chi connectivity index (χ2n) is 2.63. The van der Waals surface area contributed by atoms with E-state index >= 15 is 0 Å². The van der Waals surface area contributed by atoms with Crippen LogP contribution in [-0.4, -0.2) is 16.0 Å². The molecule has 0 amide bonds. The van der Waals surface area contributed by atoms with E-state index in [0.717, 1.165) is 12.0 Å². The first kappa shape index (κ1) is 7.94. The Balaban J connectivity index is 2.66. The molecule has 0 aliphatic heterocycles. The molecule has 0 aromatic carbocycles. The summed E-state index contributed by atoms with van der Waals surface area (Å²) in [5, 5.41) is 0. The lowest BCUT2D eigenvalue weighted by molar-refractivity contribution is 0.733. The first-order chi connectivity index (χ1) is 5.18. The topological polar surface area (TPSA) is 77.8 Å². The van der Waals surface area contributed by atoms with Gasteiger partial charge in [0.1, 0.15) is 0 Å². The number of hydrogen-bond acceptors (Lipinski definition) is 4. The maximum absolute atomic E-state index is 5.58. The number of nitrogens with two attached hydrogens (primary N) is 2. The minimum Gasteiger partial charge on any atom is -0.368 e. The van der Waals surface area contributed by atoms with E-state index in [1.54, 1.807) is 12.4 Å². The number of aromatic nitrogens is 2. The first-order valence-corrected chi connectivity index (χ1v) is 3.50. The van der Waals surface area contributed by atoms with Gasteiger partial charge in [0.15, 0.2) is 0 Å². The highest BCUT2D eigenvalue weighted by atomic mass is 15.0. The van der Waals surface area contributed by atoms with Crippen LogP contribution in [0, 0.1) is 0 Å². The van der Waals surface area contributed by atoms with Crippen LogP contribution in [0.3, 0.4) is 0 Å². The number of anilines is 1. The molecule has 1 aromatic heterocycles. The van der Waals surface area contributed by atoms with E-state index in [9.17, 15) is 0 Å². The van der Waals surface area contributed by atoms with Crippen molar-refractivity contribution in [1.82, 2.24) is 9.97 Å². The monoisotopic (exact) mass is 152 g/mol. The first-order valence-electron chi connectivity index (χ1n) is 3.50. The van der Waals surface area contributed by atoms with Gasteiger partial charge in [-0.3, -0.25) is 0 Å². The Kier molecular flexibility index (Phi) is 2.38. The minimum atomic E-state index is 0.141. The van der Waals surface area contributed by atoms with Gasteiger partial charge in [-0.05, 0) is 18.9 Å². The summed E-state index contributed by atoms with van der Waals surface area (Å²) in [6.07, 6.45) is 4.19. The molecule has 0 spiro atoms. The van der Waals surface area contributed by atoms with Crippen molar-refractivity contribution in [3.8, 4) is 0 Å². The fraction of sp³-hybridized carbons (Fsp3) is 0.429. The Bertz CT molecular complexity index is 216. The van der Waals surface area contributed by atoms with Gasteiger partial charge < -0.3 is 11.5 Å². The summed E-state index contributed by atoms with van der Waals surface area (Å²) in [6.45, 7) is 1.94. The molecule has 1 rings (SSSR count). The van der Waals surface area contributed by atoms with Crippen LogP contribution in [0.5, 0.6) is 0 Å². The van der Waals surface area contributed by atoms with Crippen LogP contribution in [0.4, 0.5) is 5.95 Å². The van der Waals surface area contributed by atoms with E-state index in [1.807, 2.05) is 6.92 Å². The summed E-state index contributed by atoms with van der Waals surface area (Å²) in [6, 6.07) is 0.141. The van der Waals surface area contributed by atoms with Crippen LogP contribution >= 0.6 is 0 Å². The van der Waals surface area contributed by atoms with Crippen molar-refractivity contribution in [3.63, 3.8) is 0 Å². The van der Waals surface area contributed by atoms with Crippen molar-refractivity contribution in [2.75, 3.05) is 5.73 Å². The predicted molar refractivity (Wildman–Crippen MR) is 43.8 cm³/mol. The van der Waals surface area contributed by atoms with E-state index in [0.29, 0.717) is 5.95 Å². The van der Waals surface area contributed by atoms with Crippen molar-refractivity contribution in [2.24, 2.45) is 5.73 Å². The molecule has 60 valence electrons. The van der Waals surface area contributed by atoms with Gasteiger partial charge in [0.05, 0.1) is 0 Å². The highest BCUT2D eigenvalue weighted by Gasteiger charge is 1.97. The van der Waals surface area contributed by atoms with Crippen molar-refractivity contribution < 1.29 is 0 Å². The molecular weight excluding hydrogens is 140 g/mol. The van der Waals surface area contributed by atoms with E-state index in [4.69, 9.17) is 11.5 Å². The Morgan fingerprint density at radius 2 is 2.00 bits per heavy atom. The number of rotatable bonds is 2. The van der Waals surface area contributed by atoms with Gasteiger partial charge in [0.25, 0.3) is 0 Å². The third kappa shape index (κ3) is 2.51. The second-order valence-corrected chi connectivity index (χ2v) is 2.63. The maximum Gasteiger partial charge on any atom is 0.219 e. The van der Waals surface area contributed by atoms with Gasteiger partial charge in [-0.1, -0.05) is 0 Å². The van der Waals surface area contributed by atoms with Gasteiger partial charge in [-0.25, -0.2) is 9.97 Å². The molecule has 4 N–H and O–H groups in total. The summed E-state index contributed by atoms with van der Waals surface area (Å²) >= 11 is 0. The third-order valence-corrected chi connectivity index (χ3v) is 1.28. The summed E-state index contributed by atoms with van der Waals surface area (Å²) in [4.78, 5) is 7.69. The number of nitrogens with zero attached hydrogens (tertiary/aromatic N) is 2. The lowest BCUT2D eigenvalue weighted by Crippen LogP contribution is -2.18. The fourth-order valence-electron chi connectivity index (χ4n) is 0.842. The standard InChI is InChI=1S/C7H12N4/c1-5(8)2-6-3-10-7(9)11-4-6/h3-5H,2,8H2,1H3,(H2,9,10,11). The highest BCUT2D eigenvalue weighted by molar-refractivity contribution is 5.17. The molecule has 0 aliphatic carbocycles. The molecule has 4 nitrogen and oxygen atoms in total. The van der Waals surface area contributed by atoms with Gasteiger partial charge in [-0.15, -0.1) is 0 Å². The summed E-state index contributed by atoms with van der Waals surface area (Å²) in [7, 11) is 0. The lowest BCUT2D eigenvalue weighted by Gasteiger charge is -2.02. The molecule has 1 heterocycles. The van der Waals surface area contributed by atoms with Gasteiger partial charge >= 0.3 is 0 Å². The zero-order valence-corrected chi connectivity index (χ0v) is 6.49.